The van der Waals surface area contributed by atoms with Crippen molar-refractivity contribution in [2.75, 3.05) is 7.05 Å². The smallest absolute Gasteiger partial charge is 0.0513 e. The Morgan fingerprint density at radius 2 is 1.89 bits per heavy atom. The summed E-state index contributed by atoms with van der Waals surface area (Å²) < 4.78 is 0. The first-order chi connectivity index (χ1) is 9.28. The molecule has 100 valence electrons. The number of nitrogens with one attached hydrogen (secondary N) is 1. The van der Waals surface area contributed by atoms with E-state index in [1.54, 1.807) is 0 Å². The number of benzene rings is 1. The first kappa shape index (κ1) is 12.9. The lowest BCUT2D eigenvalue weighted by atomic mass is 9.59. The van der Waals surface area contributed by atoms with Crippen LogP contribution in [0.1, 0.15) is 41.3 Å². The highest BCUT2D eigenvalue weighted by Gasteiger charge is 2.46. The van der Waals surface area contributed by atoms with Crippen molar-refractivity contribution in [3.05, 3.63) is 57.8 Å². The normalized spacial score (nSPS) is 18.8. The van der Waals surface area contributed by atoms with Gasteiger partial charge in [0.25, 0.3) is 0 Å². The van der Waals surface area contributed by atoms with Gasteiger partial charge in [-0.15, -0.1) is 11.3 Å². The maximum Gasteiger partial charge on any atom is 0.0513 e. The van der Waals surface area contributed by atoms with Gasteiger partial charge in [-0.25, -0.2) is 0 Å². The number of likely N-dealkylation sites (N-methyl/N-ethyl adjacent to an activating group) is 1. The molecule has 1 aliphatic rings. The Balaban J connectivity index is 2.04. The molecule has 1 nitrogen and oxygen atoms in total. The number of hydrogen-bond acceptors (Lipinski definition) is 2. The maximum absolute atomic E-state index is 3.60. The van der Waals surface area contributed by atoms with Crippen LogP contribution in [0.4, 0.5) is 0 Å². The summed E-state index contributed by atoms with van der Waals surface area (Å²) >= 11 is 1.89. The lowest BCUT2D eigenvalue weighted by Crippen LogP contribution is -2.45. The maximum atomic E-state index is 3.60. The van der Waals surface area contributed by atoms with Crippen molar-refractivity contribution in [1.29, 1.82) is 0 Å². The average Bonchev–Trinajstić information content (AvgIpc) is 2.81. The zero-order valence-electron chi connectivity index (χ0n) is 11.6. The van der Waals surface area contributed by atoms with E-state index in [2.05, 4.69) is 61.1 Å². The van der Waals surface area contributed by atoms with Gasteiger partial charge in [0.2, 0.25) is 0 Å². The van der Waals surface area contributed by atoms with Crippen LogP contribution in [-0.4, -0.2) is 7.05 Å². The zero-order chi connectivity index (χ0) is 13.3. The molecule has 1 N–H and O–H groups in total. The van der Waals surface area contributed by atoms with Gasteiger partial charge < -0.3 is 5.32 Å². The van der Waals surface area contributed by atoms with Crippen molar-refractivity contribution in [1.82, 2.24) is 5.32 Å². The van der Waals surface area contributed by atoms with Gasteiger partial charge >= 0.3 is 0 Å². The van der Waals surface area contributed by atoms with Crippen molar-refractivity contribution in [3.8, 4) is 0 Å². The van der Waals surface area contributed by atoms with Crippen LogP contribution in [0.2, 0.25) is 0 Å². The molecule has 1 atom stereocenters. The molecule has 3 rings (SSSR count). The van der Waals surface area contributed by atoms with E-state index in [0.717, 1.165) is 0 Å². The molecule has 2 aromatic rings. The fourth-order valence-electron chi connectivity index (χ4n) is 3.41. The lowest BCUT2D eigenvalue weighted by molar-refractivity contribution is 0.177. The molecule has 1 aliphatic carbocycles. The Kier molecular flexibility index (Phi) is 3.46. The molecule has 1 aromatic carbocycles. The van der Waals surface area contributed by atoms with Crippen LogP contribution in [-0.2, 0) is 5.41 Å². The molecule has 0 spiro atoms. The van der Waals surface area contributed by atoms with Crippen molar-refractivity contribution in [2.24, 2.45) is 0 Å². The van der Waals surface area contributed by atoms with Crippen molar-refractivity contribution in [2.45, 2.75) is 37.6 Å². The number of aryl methyl sites for hydroxylation is 1. The van der Waals surface area contributed by atoms with Crippen LogP contribution >= 0.6 is 11.3 Å². The molecule has 1 saturated carbocycles. The largest absolute Gasteiger partial charge is 0.312 e. The predicted octanol–water partition coefficient (Wildman–Crippen LogP) is 4.44. The van der Waals surface area contributed by atoms with Gasteiger partial charge in [-0.3, -0.25) is 0 Å². The van der Waals surface area contributed by atoms with Gasteiger partial charge in [0.05, 0.1) is 6.04 Å². The SMILES string of the molecule is CNC(c1sccc1C)C1(c2ccccc2)CCC1. The molecular formula is C17H21NS. The van der Waals surface area contributed by atoms with E-state index in [1.165, 1.54) is 35.3 Å². The predicted molar refractivity (Wildman–Crippen MR) is 82.8 cm³/mol. The van der Waals surface area contributed by atoms with Crippen molar-refractivity contribution < 1.29 is 0 Å². The molecule has 0 bridgehead atoms. The summed E-state index contributed by atoms with van der Waals surface area (Å²) in [4.78, 5) is 1.51. The minimum Gasteiger partial charge on any atom is -0.312 e. The van der Waals surface area contributed by atoms with E-state index >= 15 is 0 Å². The third-order valence-electron chi connectivity index (χ3n) is 4.60. The van der Waals surface area contributed by atoms with Gasteiger partial charge in [-0.1, -0.05) is 36.8 Å². The van der Waals surface area contributed by atoms with Gasteiger partial charge in [-0.05, 0) is 49.4 Å². The Bertz CT molecular complexity index is 539. The van der Waals surface area contributed by atoms with E-state index in [4.69, 9.17) is 0 Å². The molecular weight excluding hydrogens is 250 g/mol. The molecule has 0 radical (unpaired) electrons. The highest BCUT2D eigenvalue weighted by atomic mass is 32.1. The highest BCUT2D eigenvalue weighted by Crippen LogP contribution is 2.53. The van der Waals surface area contributed by atoms with Crippen LogP contribution < -0.4 is 5.32 Å². The van der Waals surface area contributed by atoms with Crippen molar-refractivity contribution >= 4 is 11.3 Å². The summed E-state index contributed by atoms with van der Waals surface area (Å²) in [6.45, 7) is 2.23. The first-order valence-electron chi connectivity index (χ1n) is 7.05. The van der Waals surface area contributed by atoms with E-state index in [-0.39, 0.29) is 0 Å². The summed E-state index contributed by atoms with van der Waals surface area (Å²) in [5.41, 5.74) is 3.21. The summed E-state index contributed by atoms with van der Waals surface area (Å²) in [5.74, 6) is 0. The molecule has 1 heterocycles. The summed E-state index contributed by atoms with van der Waals surface area (Å²) in [5, 5.41) is 5.81. The Morgan fingerprint density at radius 1 is 1.16 bits per heavy atom. The van der Waals surface area contributed by atoms with Gasteiger partial charge in [0, 0.05) is 10.3 Å². The van der Waals surface area contributed by atoms with E-state index < -0.39 is 0 Å². The van der Waals surface area contributed by atoms with Crippen LogP contribution in [0.3, 0.4) is 0 Å². The number of rotatable bonds is 4. The molecule has 1 aromatic heterocycles. The summed E-state index contributed by atoms with van der Waals surface area (Å²) in [6, 6.07) is 13.7. The van der Waals surface area contributed by atoms with Crippen LogP contribution in [0.5, 0.6) is 0 Å². The minimum absolute atomic E-state index is 0.297. The Labute approximate surface area is 119 Å². The fourth-order valence-corrected chi connectivity index (χ4v) is 4.56. The monoisotopic (exact) mass is 271 g/mol. The van der Waals surface area contributed by atoms with Crippen molar-refractivity contribution in [3.63, 3.8) is 0 Å². The molecule has 0 aliphatic heterocycles. The molecule has 0 amide bonds. The average molecular weight is 271 g/mol. The number of thiophene rings is 1. The van der Waals surface area contributed by atoms with Crippen LogP contribution in [0.15, 0.2) is 41.8 Å². The summed E-state index contributed by atoms with van der Waals surface area (Å²) in [7, 11) is 2.10. The van der Waals surface area contributed by atoms with E-state index in [0.29, 0.717) is 11.5 Å². The third kappa shape index (κ3) is 2.03. The van der Waals surface area contributed by atoms with Crippen LogP contribution in [0, 0.1) is 6.92 Å². The van der Waals surface area contributed by atoms with E-state index in [1.807, 2.05) is 11.3 Å². The van der Waals surface area contributed by atoms with Gasteiger partial charge in [0.15, 0.2) is 0 Å². The first-order valence-corrected chi connectivity index (χ1v) is 7.93. The number of hydrogen-bond donors (Lipinski definition) is 1. The van der Waals surface area contributed by atoms with Gasteiger partial charge in [0.1, 0.15) is 0 Å². The lowest BCUT2D eigenvalue weighted by Gasteiger charge is -2.48. The topological polar surface area (TPSA) is 12.0 Å². The Hall–Kier alpha value is -1.12. The highest BCUT2D eigenvalue weighted by molar-refractivity contribution is 7.10. The standard InChI is InChI=1S/C17H21NS/c1-13-9-12-19-15(13)16(18-2)17(10-6-11-17)14-7-4-3-5-8-14/h3-5,7-9,12,16,18H,6,10-11H2,1-2H3. The van der Waals surface area contributed by atoms with Crippen LogP contribution in [0.25, 0.3) is 0 Å². The fraction of sp³-hybridized carbons (Fsp3) is 0.412. The second-order valence-electron chi connectivity index (χ2n) is 5.57. The minimum atomic E-state index is 0.297. The zero-order valence-corrected chi connectivity index (χ0v) is 12.5. The quantitative estimate of drug-likeness (QED) is 0.867. The Morgan fingerprint density at radius 3 is 2.37 bits per heavy atom. The van der Waals surface area contributed by atoms with Gasteiger partial charge in [-0.2, -0.15) is 0 Å². The third-order valence-corrected chi connectivity index (χ3v) is 5.68. The molecule has 1 unspecified atom stereocenters. The molecule has 1 fully saturated rings. The summed E-state index contributed by atoms with van der Waals surface area (Å²) in [6.07, 6.45) is 3.93. The second kappa shape index (κ2) is 5.10. The van der Waals surface area contributed by atoms with E-state index in [9.17, 15) is 0 Å². The molecule has 2 heteroatoms. The molecule has 0 saturated heterocycles. The molecule has 19 heavy (non-hydrogen) atoms. The second-order valence-corrected chi connectivity index (χ2v) is 6.51.